The molecule has 0 unspecified atom stereocenters. The molecule has 8 heteroatoms. The highest BCUT2D eigenvalue weighted by atomic mass is 19.4. The second-order valence-corrected chi connectivity index (χ2v) is 4.45. The molecule has 0 aliphatic heterocycles. The van der Waals surface area contributed by atoms with Crippen molar-refractivity contribution in [3.8, 4) is 5.75 Å². The number of halogens is 3. The van der Waals surface area contributed by atoms with Gasteiger partial charge >= 0.3 is 6.36 Å². The first-order valence-corrected chi connectivity index (χ1v) is 6.35. The molecule has 0 aliphatic rings. The van der Waals surface area contributed by atoms with Gasteiger partial charge in [0.25, 0.3) is 5.91 Å². The molecule has 0 heterocycles. The van der Waals surface area contributed by atoms with Gasteiger partial charge in [0.2, 0.25) is 0 Å². The van der Waals surface area contributed by atoms with E-state index in [1.807, 2.05) is 18.9 Å². The van der Waals surface area contributed by atoms with Crippen LogP contribution in [0.1, 0.15) is 17.3 Å². The highest BCUT2D eigenvalue weighted by Gasteiger charge is 2.32. The number of carbonyl (C=O) groups is 1. The van der Waals surface area contributed by atoms with Crippen LogP contribution in [0.3, 0.4) is 0 Å². The van der Waals surface area contributed by atoms with Crippen LogP contribution >= 0.6 is 0 Å². The van der Waals surface area contributed by atoms with Crippen LogP contribution in [0.15, 0.2) is 18.2 Å². The minimum atomic E-state index is -4.82. The summed E-state index contributed by atoms with van der Waals surface area (Å²) in [5.74, 6) is -0.922. The number of ether oxygens (including phenoxy) is 1. The van der Waals surface area contributed by atoms with E-state index in [2.05, 4.69) is 10.1 Å². The Kier molecular flexibility index (Phi) is 5.83. The lowest BCUT2D eigenvalue weighted by atomic mass is 10.1. The van der Waals surface area contributed by atoms with Crippen molar-refractivity contribution in [3.63, 3.8) is 0 Å². The Morgan fingerprint density at radius 3 is 2.62 bits per heavy atom. The van der Waals surface area contributed by atoms with Crippen molar-refractivity contribution in [1.29, 1.82) is 0 Å². The molecule has 21 heavy (non-hydrogen) atoms. The number of nitrogens with one attached hydrogen (secondary N) is 1. The summed E-state index contributed by atoms with van der Waals surface area (Å²) in [6.45, 7) is 3.95. The zero-order chi connectivity index (χ0) is 16.0. The van der Waals surface area contributed by atoms with E-state index in [0.717, 1.165) is 18.7 Å². The fourth-order valence-electron chi connectivity index (χ4n) is 1.53. The SMILES string of the molecule is CCN(C)CCNC(=O)c1ccc(OC(F)(F)F)c(N)c1. The second-order valence-electron chi connectivity index (χ2n) is 4.45. The summed E-state index contributed by atoms with van der Waals surface area (Å²) < 4.78 is 40.0. The average molecular weight is 305 g/mol. The maximum atomic E-state index is 12.1. The Morgan fingerprint density at radius 1 is 1.43 bits per heavy atom. The highest BCUT2D eigenvalue weighted by Crippen LogP contribution is 2.28. The van der Waals surface area contributed by atoms with E-state index in [0.29, 0.717) is 13.1 Å². The Morgan fingerprint density at radius 2 is 2.10 bits per heavy atom. The number of nitrogens with zero attached hydrogens (tertiary/aromatic N) is 1. The molecular formula is C13H18F3N3O2. The molecule has 0 spiro atoms. The van der Waals surface area contributed by atoms with Gasteiger partial charge in [0, 0.05) is 18.7 Å². The lowest BCUT2D eigenvalue weighted by Crippen LogP contribution is -2.32. The van der Waals surface area contributed by atoms with Gasteiger partial charge in [-0.2, -0.15) is 0 Å². The number of amides is 1. The van der Waals surface area contributed by atoms with Gasteiger partial charge in [-0.25, -0.2) is 0 Å². The van der Waals surface area contributed by atoms with Crippen molar-refractivity contribution in [3.05, 3.63) is 23.8 Å². The van der Waals surface area contributed by atoms with Crippen LogP contribution in [0.5, 0.6) is 5.75 Å². The van der Waals surface area contributed by atoms with Crippen molar-refractivity contribution in [2.24, 2.45) is 0 Å². The number of benzene rings is 1. The summed E-state index contributed by atoms with van der Waals surface area (Å²) in [7, 11) is 1.91. The second kappa shape index (κ2) is 7.16. The summed E-state index contributed by atoms with van der Waals surface area (Å²) in [5.41, 5.74) is 5.39. The van der Waals surface area contributed by atoms with Crippen LogP contribution in [0.2, 0.25) is 0 Å². The lowest BCUT2D eigenvalue weighted by Gasteiger charge is -2.14. The maximum Gasteiger partial charge on any atom is 0.573 e. The largest absolute Gasteiger partial charge is 0.573 e. The predicted molar refractivity (Wildman–Crippen MR) is 73.0 cm³/mol. The van der Waals surface area contributed by atoms with E-state index >= 15 is 0 Å². The quantitative estimate of drug-likeness (QED) is 0.787. The minimum Gasteiger partial charge on any atom is -0.404 e. The minimum absolute atomic E-state index is 0.182. The number of nitrogens with two attached hydrogens (primary N) is 1. The normalized spacial score (nSPS) is 11.5. The third-order valence-corrected chi connectivity index (χ3v) is 2.82. The van der Waals surface area contributed by atoms with Crippen LogP contribution in [0.4, 0.5) is 18.9 Å². The summed E-state index contributed by atoms with van der Waals surface area (Å²) >= 11 is 0. The number of alkyl halides is 3. The number of hydrogen-bond donors (Lipinski definition) is 2. The Balaban J connectivity index is 2.64. The molecular weight excluding hydrogens is 287 g/mol. The summed E-state index contributed by atoms with van der Waals surface area (Å²) in [6.07, 6.45) is -4.82. The van der Waals surface area contributed by atoms with Gasteiger partial charge < -0.3 is 20.7 Å². The summed E-state index contributed by atoms with van der Waals surface area (Å²) in [6, 6.07) is 3.41. The number of hydrogen-bond acceptors (Lipinski definition) is 4. The van der Waals surface area contributed by atoms with Crippen molar-refractivity contribution in [2.75, 3.05) is 32.4 Å². The fraction of sp³-hybridized carbons (Fsp3) is 0.462. The molecule has 1 aromatic rings. The smallest absolute Gasteiger partial charge is 0.404 e. The molecule has 0 saturated heterocycles. The summed E-state index contributed by atoms with van der Waals surface area (Å²) in [4.78, 5) is 13.8. The standard InChI is InChI=1S/C13H18F3N3O2/c1-3-19(2)7-6-18-12(20)9-4-5-11(10(17)8-9)21-13(14,15)16/h4-5,8H,3,6-7,17H2,1-2H3,(H,18,20). The fourth-order valence-corrected chi connectivity index (χ4v) is 1.53. The van der Waals surface area contributed by atoms with Gasteiger partial charge in [-0.15, -0.1) is 13.2 Å². The van der Waals surface area contributed by atoms with Crippen LogP contribution in [-0.2, 0) is 0 Å². The number of likely N-dealkylation sites (N-methyl/N-ethyl adjacent to an activating group) is 1. The molecule has 1 amide bonds. The van der Waals surface area contributed by atoms with Gasteiger partial charge in [-0.05, 0) is 31.8 Å². The molecule has 1 aromatic carbocycles. The molecule has 0 fully saturated rings. The molecule has 5 nitrogen and oxygen atoms in total. The van der Waals surface area contributed by atoms with Crippen LogP contribution in [0.25, 0.3) is 0 Å². The molecule has 0 saturated carbocycles. The zero-order valence-electron chi connectivity index (χ0n) is 11.8. The third-order valence-electron chi connectivity index (χ3n) is 2.82. The molecule has 0 bridgehead atoms. The first-order chi connectivity index (χ1) is 9.73. The monoisotopic (exact) mass is 305 g/mol. The van der Waals surface area contributed by atoms with Gasteiger partial charge in [-0.3, -0.25) is 4.79 Å². The first kappa shape index (κ1) is 17.1. The van der Waals surface area contributed by atoms with E-state index in [9.17, 15) is 18.0 Å². The molecule has 0 aromatic heterocycles. The molecule has 0 radical (unpaired) electrons. The number of nitrogen functional groups attached to an aromatic ring is 1. The molecule has 3 N–H and O–H groups in total. The number of anilines is 1. The Labute approximate surface area is 120 Å². The van der Waals surface area contributed by atoms with E-state index in [1.165, 1.54) is 6.07 Å². The lowest BCUT2D eigenvalue weighted by molar-refractivity contribution is -0.274. The van der Waals surface area contributed by atoms with E-state index < -0.39 is 18.0 Å². The Bertz CT molecular complexity index is 492. The molecule has 0 aliphatic carbocycles. The van der Waals surface area contributed by atoms with Crippen molar-refractivity contribution in [1.82, 2.24) is 10.2 Å². The molecule has 1 rings (SSSR count). The van der Waals surface area contributed by atoms with Crippen molar-refractivity contribution in [2.45, 2.75) is 13.3 Å². The van der Waals surface area contributed by atoms with Gasteiger partial charge in [0.1, 0.15) is 0 Å². The van der Waals surface area contributed by atoms with Crippen LogP contribution < -0.4 is 15.8 Å². The average Bonchev–Trinajstić information content (AvgIpc) is 2.39. The van der Waals surface area contributed by atoms with Crippen molar-refractivity contribution < 1.29 is 22.7 Å². The highest BCUT2D eigenvalue weighted by molar-refractivity contribution is 5.95. The van der Waals surface area contributed by atoms with E-state index in [-0.39, 0.29) is 11.3 Å². The van der Waals surface area contributed by atoms with Crippen molar-refractivity contribution >= 4 is 11.6 Å². The first-order valence-electron chi connectivity index (χ1n) is 6.35. The Hall–Kier alpha value is -1.96. The van der Waals surface area contributed by atoms with Gasteiger partial charge in [0.15, 0.2) is 5.75 Å². The van der Waals surface area contributed by atoms with Gasteiger partial charge in [0.05, 0.1) is 5.69 Å². The third kappa shape index (κ3) is 5.90. The van der Waals surface area contributed by atoms with Crippen LogP contribution in [-0.4, -0.2) is 43.9 Å². The maximum absolute atomic E-state index is 12.1. The molecule has 0 atom stereocenters. The summed E-state index contributed by atoms with van der Waals surface area (Å²) in [5, 5.41) is 2.66. The van der Waals surface area contributed by atoms with Gasteiger partial charge in [-0.1, -0.05) is 6.92 Å². The predicted octanol–water partition coefficient (Wildman–Crippen LogP) is 1.85. The topological polar surface area (TPSA) is 67.6 Å². The van der Waals surface area contributed by atoms with E-state index in [1.54, 1.807) is 0 Å². The number of carbonyl (C=O) groups excluding carboxylic acids is 1. The number of rotatable bonds is 6. The van der Waals surface area contributed by atoms with E-state index in [4.69, 9.17) is 5.73 Å². The zero-order valence-corrected chi connectivity index (χ0v) is 11.8. The molecule has 118 valence electrons. The van der Waals surface area contributed by atoms with Crippen LogP contribution in [0, 0.1) is 0 Å².